The maximum Gasteiger partial charge on any atom is 0.237 e. The fourth-order valence-electron chi connectivity index (χ4n) is 2.09. The summed E-state index contributed by atoms with van der Waals surface area (Å²) in [6.07, 6.45) is 0. The lowest BCUT2D eigenvalue weighted by atomic mass is 10.2. The second kappa shape index (κ2) is 7.79. The number of thioether (sulfide) groups is 1. The first-order valence-electron chi connectivity index (χ1n) is 7.43. The smallest absolute Gasteiger partial charge is 0.237 e. The summed E-state index contributed by atoms with van der Waals surface area (Å²) in [4.78, 5) is 16.6. The third-order valence-corrected chi connectivity index (χ3v) is 4.99. The SMILES string of the molecule is CC(Sc1n[nH]c(-c2ccccc2Br)n1)C(=O)Nc1cccc(F)c1. The number of aromatic amines is 1. The van der Waals surface area contributed by atoms with Crippen LogP contribution in [0.25, 0.3) is 11.4 Å². The Labute approximate surface area is 156 Å². The molecule has 0 aliphatic carbocycles. The number of anilines is 1. The minimum atomic E-state index is -0.439. The van der Waals surface area contributed by atoms with Gasteiger partial charge in [-0.2, -0.15) is 0 Å². The summed E-state index contributed by atoms with van der Waals surface area (Å²) in [6.45, 7) is 1.74. The maximum atomic E-state index is 13.2. The van der Waals surface area contributed by atoms with Gasteiger partial charge < -0.3 is 5.32 Å². The van der Waals surface area contributed by atoms with Gasteiger partial charge in [-0.15, -0.1) is 5.10 Å². The van der Waals surface area contributed by atoms with Gasteiger partial charge in [0.15, 0.2) is 5.82 Å². The Morgan fingerprint density at radius 2 is 2.08 bits per heavy atom. The Balaban J connectivity index is 1.66. The Hall–Kier alpha value is -2.19. The van der Waals surface area contributed by atoms with Crippen molar-refractivity contribution < 1.29 is 9.18 Å². The van der Waals surface area contributed by atoms with E-state index in [-0.39, 0.29) is 5.91 Å². The van der Waals surface area contributed by atoms with E-state index in [4.69, 9.17) is 0 Å². The molecule has 0 spiro atoms. The van der Waals surface area contributed by atoms with Gasteiger partial charge in [0.25, 0.3) is 0 Å². The minimum absolute atomic E-state index is 0.247. The number of nitrogens with one attached hydrogen (secondary N) is 2. The van der Waals surface area contributed by atoms with Crippen LogP contribution in [0.5, 0.6) is 0 Å². The molecule has 3 aromatic rings. The molecule has 0 fully saturated rings. The first-order valence-corrected chi connectivity index (χ1v) is 9.10. The van der Waals surface area contributed by atoms with E-state index in [0.717, 1.165) is 10.0 Å². The standard InChI is InChI=1S/C17H14BrFN4OS/c1-10(16(24)20-12-6-4-5-11(19)9-12)25-17-21-15(22-23-17)13-7-2-3-8-14(13)18/h2-10H,1H3,(H,20,24)(H,21,22,23). The van der Waals surface area contributed by atoms with Crippen LogP contribution in [0.15, 0.2) is 58.2 Å². The Bertz CT molecular complexity index is 902. The number of H-pyrrole nitrogens is 1. The molecule has 1 amide bonds. The second-order valence-electron chi connectivity index (χ2n) is 5.21. The van der Waals surface area contributed by atoms with Crippen LogP contribution in [0.3, 0.4) is 0 Å². The van der Waals surface area contributed by atoms with E-state index in [9.17, 15) is 9.18 Å². The number of hydrogen-bond donors (Lipinski definition) is 2. The number of rotatable bonds is 5. The van der Waals surface area contributed by atoms with Crippen molar-refractivity contribution in [2.45, 2.75) is 17.3 Å². The molecule has 1 unspecified atom stereocenters. The molecule has 0 radical (unpaired) electrons. The third-order valence-electron chi connectivity index (χ3n) is 3.34. The monoisotopic (exact) mass is 420 g/mol. The summed E-state index contributed by atoms with van der Waals surface area (Å²) in [5.41, 5.74) is 1.31. The van der Waals surface area contributed by atoms with Gasteiger partial charge >= 0.3 is 0 Å². The fraction of sp³-hybridized carbons (Fsp3) is 0.118. The van der Waals surface area contributed by atoms with E-state index in [0.29, 0.717) is 16.7 Å². The molecule has 3 rings (SSSR count). The molecule has 0 saturated heterocycles. The number of aromatic nitrogens is 3. The quantitative estimate of drug-likeness (QED) is 0.596. The highest BCUT2D eigenvalue weighted by Gasteiger charge is 2.18. The number of nitrogens with zero attached hydrogens (tertiary/aromatic N) is 2. The van der Waals surface area contributed by atoms with Gasteiger partial charge in [0, 0.05) is 15.7 Å². The van der Waals surface area contributed by atoms with Crippen LogP contribution < -0.4 is 5.32 Å². The number of hydrogen-bond acceptors (Lipinski definition) is 4. The van der Waals surface area contributed by atoms with Gasteiger partial charge in [0.05, 0.1) is 5.25 Å². The van der Waals surface area contributed by atoms with Crippen LogP contribution >= 0.6 is 27.7 Å². The first kappa shape index (κ1) is 17.6. The zero-order valence-corrected chi connectivity index (χ0v) is 15.6. The molecule has 2 aromatic carbocycles. The average molecular weight is 421 g/mol. The van der Waals surface area contributed by atoms with Crippen molar-refractivity contribution in [3.8, 4) is 11.4 Å². The minimum Gasteiger partial charge on any atom is -0.325 e. The van der Waals surface area contributed by atoms with Crippen molar-refractivity contribution in [3.63, 3.8) is 0 Å². The van der Waals surface area contributed by atoms with E-state index >= 15 is 0 Å². The predicted octanol–water partition coefficient (Wildman–Crippen LogP) is 4.49. The summed E-state index contributed by atoms with van der Waals surface area (Å²) in [6, 6.07) is 13.4. The topological polar surface area (TPSA) is 70.7 Å². The Morgan fingerprint density at radius 1 is 1.28 bits per heavy atom. The van der Waals surface area contributed by atoms with Crippen molar-refractivity contribution in [1.29, 1.82) is 0 Å². The summed E-state index contributed by atoms with van der Waals surface area (Å²) in [5.74, 6) is -0.0271. The number of amides is 1. The lowest BCUT2D eigenvalue weighted by Crippen LogP contribution is -2.22. The summed E-state index contributed by atoms with van der Waals surface area (Å²) in [7, 11) is 0. The number of carbonyl (C=O) groups is 1. The van der Waals surface area contributed by atoms with Gasteiger partial charge in [0.1, 0.15) is 5.82 Å². The lowest BCUT2D eigenvalue weighted by molar-refractivity contribution is -0.115. The molecule has 1 aromatic heterocycles. The number of halogens is 2. The molecule has 25 heavy (non-hydrogen) atoms. The molecule has 0 saturated carbocycles. The van der Waals surface area contributed by atoms with Crippen LogP contribution in [0.1, 0.15) is 6.92 Å². The third kappa shape index (κ3) is 4.46. The fourth-order valence-corrected chi connectivity index (χ4v) is 3.29. The molecule has 0 bridgehead atoms. The first-order chi connectivity index (χ1) is 12.0. The van der Waals surface area contributed by atoms with E-state index < -0.39 is 11.1 Å². The van der Waals surface area contributed by atoms with Crippen LogP contribution in [0, 0.1) is 5.82 Å². The van der Waals surface area contributed by atoms with Gasteiger partial charge in [-0.3, -0.25) is 9.89 Å². The predicted molar refractivity (Wildman–Crippen MR) is 99.9 cm³/mol. The highest BCUT2D eigenvalue weighted by molar-refractivity contribution is 9.10. The van der Waals surface area contributed by atoms with Crippen molar-refractivity contribution in [3.05, 3.63) is 58.8 Å². The summed E-state index contributed by atoms with van der Waals surface area (Å²) in [5, 5.41) is 9.72. The van der Waals surface area contributed by atoms with Gasteiger partial charge in [0.2, 0.25) is 11.1 Å². The lowest BCUT2D eigenvalue weighted by Gasteiger charge is -2.10. The van der Waals surface area contributed by atoms with Gasteiger partial charge in [-0.1, -0.05) is 52.0 Å². The Kier molecular flexibility index (Phi) is 5.50. The van der Waals surface area contributed by atoms with Crippen LogP contribution in [0.2, 0.25) is 0 Å². The zero-order valence-electron chi connectivity index (χ0n) is 13.2. The molecule has 2 N–H and O–H groups in total. The average Bonchev–Trinajstić information content (AvgIpc) is 3.03. The van der Waals surface area contributed by atoms with Crippen LogP contribution in [-0.2, 0) is 4.79 Å². The van der Waals surface area contributed by atoms with Crippen molar-refractivity contribution in [1.82, 2.24) is 15.2 Å². The van der Waals surface area contributed by atoms with E-state index in [2.05, 4.69) is 36.4 Å². The highest BCUT2D eigenvalue weighted by Crippen LogP contribution is 2.27. The number of carbonyl (C=O) groups excluding carboxylic acids is 1. The number of benzene rings is 2. The molecule has 5 nitrogen and oxygen atoms in total. The van der Waals surface area contributed by atoms with Crippen molar-refractivity contribution >= 4 is 39.3 Å². The van der Waals surface area contributed by atoms with E-state index in [1.54, 1.807) is 19.1 Å². The molecule has 8 heteroatoms. The zero-order chi connectivity index (χ0) is 17.8. The molecule has 0 aliphatic rings. The van der Waals surface area contributed by atoms with Crippen LogP contribution in [0.4, 0.5) is 10.1 Å². The summed E-state index contributed by atoms with van der Waals surface area (Å²) >= 11 is 4.69. The molecule has 0 aliphatic heterocycles. The van der Waals surface area contributed by atoms with Crippen molar-refractivity contribution in [2.24, 2.45) is 0 Å². The molecular weight excluding hydrogens is 407 g/mol. The summed E-state index contributed by atoms with van der Waals surface area (Å²) < 4.78 is 14.1. The van der Waals surface area contributed by atoms with E-state index in [1.807, 2.05) is 24.3 Å². The van der Waals surface area contributed by atoms with E-state index in [1.165, 1.54) is 23.9 Å². The normalized spacial score (nSPS) is 12.0. The largest absolute Gasteiger partial charge is 0.325 e. The van der Waals surface area contributed by atoms with Gasteiger partial charge in [-0.05, 0) is 31.2 Å². The van der Waals surface area contributed by atoms with Crippen LogP contribution in [-0.4, -0.2) is 26.3 Å². The molecular formula is C17H14BrFN4OS. The molecule has 1 atom stereocenters. The molecule has 1 heterocycles. The maximum absolute atomic E-state index is 13.2. The molecule has 128 valence electrons. The van der Waals surface area contributed by atoms with Gasteiger partial charge in [-0.25, -0.2) is 9.37 Å². The Morgan fingerprint density at radius 3 is 2.84 bits per heavy atom. The van der Waals surface area contributed by atoms with Crippen molar-refractivity contribution in [2.75, 3.05) is 5.32 Å². The highest BCUT2D eigenvalue weighted by atomic mass is 79.9. The second-order valence-corrected chi connectivity index (χ2v) is 7.37.